The van der Waals surface area contributed by atoms with E-state index in [1.165, 1.54) is 0 Å². The SMILES string of the molecule is C=C/C=C(\C=C/C)C1=NCC(=O)N(CCC(=O)OCC)c2ccc(Cl)cc21. The van der Waals surface area contributed by atoms with Crippen LogP contribution in [0, 0.1) is 0 Å². The summed E-state index contributed by atoms with van der Waals surface area (Å²) in [4.78, 5) is 30.5. The number of allylic oxidation sites excluding steroid dienone is 5. The highest BCUT2D eigenvalue weighted by atomic mass is 35.5. The van der Waals surface area contributed by atoms with E-state index in [2.05, 4.69) is 11.6 Å². The summed E-state index contributed by atoms with van der Waals surface area (Å²) in [6, 6.07) is 5.29. The number of nitrogens with zero attached hydrogens (tertiary/aromatic N) is 2. The number of halogens is 1. The number of amides is 1. The van der Waals surface area contributed by atoms with Crippen molar-refractivity contribution in [2.75, 3.05) is 24.6 Å². The first kappa shape index (κ1) is 20.6. The van der Waals surface area contributed by atoms with Crippen molar-refractivity contribution < 1.29 is 14.3 Å². The molecule has 1 amide bonds. The van der Waals surface area contributed by atoms with Gasteiger partial charge in [0.1, 0.15) is 6.54 Å². The molecule has 0 fully saturated rings. The predicted molar refractivity (Wildman–Crippen MR) is 110 cm³/mol. The molecular weight excluding hydrogens is 364 g/mol. The fourth-order valence-corrected chi connectivity index (χ4v) is 3.01. The van der Waals surface area contributed by atoms with E-state index in [1.54, 1.807) is 36.1 Å². The molecule has 1 aliphatic rings. The average Bonchev–Trinajstić information content (AvgIpc) is 2.76. The molecule has 0 atom stereocenters. The maximum Gasteiger partial charge on any atom is 0.307 e. The van der Waals surface area contributed by atoms with Crippen molar-refractivity contribution in [1.82, 2.24) is 0 Å². The lowest BCUT2D eigenvalue weighted by Gasteiger charge is -2.23. The highest BCUT2D eigenvalue weighted by Crippen LogP contribution is 2.30. The Labute approximate surface area is 164 Å². The average molecular weight is 387 g/mol. The lowest BCUT2D eigenvalue weighted by Crippen LogP contribution is -2.34. The number of hydrogen-bond acceptors (Lipinski definition) is 4. The molecule has 27 heavy (non-hydrogen) atoms. The second-order valence-corrected chi connectivity index (χ2v) is 6.22. The number of rotatable bonds is 7. The number of carbonyl (C=O) groups excluding carboxylic acids is 2. The number of aliphatic imine (C=N–C) groups is 1. The summed E-state index contributed by atoms with van der Waals surface area (Å²) in [5, 5.41) is 0.541. The molecule has 0 spiro atoms. The highest BCUT2D eigenvalue weighted by molar-refractivity contribution is 6.32. The Morgan fingerprint density at radius 1 is 1.44 bits per heavy atom. The van der Waals surface area contributed by atoms with Crippen molar-refractivity contribution in [2.45, 2.75) is 20.3 Å². The maximum atomic E-state index is 12.7. The number of ether oxygens (including phenoxy) is 1. The summed E-state index contributed by atoms with van der Waals surface area (Å²) in [7, 11) is 0. The van der Waals surface area contributed by atoms with Crippen molar-refractivity contribution in [1.29, 1.82) is 0 Å². The van der Waals surface area contributed by atoms with E-state index in [4.69, 9.17) is 16.3 Å². The number of fused-ring (bicyclic) bond motifs is 1. The standard InChI is InChI=1S/C21H23ClN2O3/c1-4-7-15(8-5-2)21-17-13-16(22)9-10-18(17)24(19(25)14-23-21)12-11-20(26)27-6-3/h4-5,7-10,13H,1,6,11-12,14H2,2-3H3/b8-5-,15-7+. The van der Waals surface area contributed by atoms with Crippen LogP contribution in [-0.4, -0.2) is 37.3 Å². The van der Waals surface area contributed by atoms with Gasteiger partial charge < -0.3 is 9.64 Å². The fourth-order valence-electron chi connectivity index (χ4n) is 2.83. The van der Waals surface area contributed by atoms with Gasteiger partial charge in [0.25, 0.3) is 0 Å². The second-order valence-electron chi connectivity index (χ2n) is 5.78. The number of carbonyl (C=O) groups is 2. The summed E-state index contributed by atoms with van der Waals surface area (Å²) in [5.41, 5.74) is 2.90. The molecule has 1 aliphatic heterocycles. The van der Waals surface area contributed by atoms with Crippen molar-refractivity contribution in [2.24, 2.45) is 4.99 Å². The van der Waals surface area contributed by atoms with Crippen molar-refractivity contribution in [3.63, 3.8) is 0 Å². The first-order valence-electron chi connectivity index (χ1n) is 8.78. The third kappa shape index (κ3) is 5.17. The van der Waals surface area contributed by atoms with Gasteiger partial charge in [-0.3, -0.25) is 14.6 Å². The summed E-state index contributed by atoms with van der Waals surface area (Å²) in [6.07, 6.45) is 7.42. The molecule has 0 saturated heterocycles. The lowest BCUT2D eigenvalue weighted by atomic mass is 9.99. The normalized spacial score (nSPS) is 14.6. The molecule has 0 bridgehead atoms. The van der Waals surface area contributed by atoms with E-state index in [0.29, 0.717) is 23.0 Å². The number of esters is 1. The minimum atomic E-state index is -0.340. The Kier molecular flexibility index (Phi) is 7.55. The van der Waals surface area contributed by atoms with Crippen LogP contribution in [0.1, 0.15) is 25.8 Å². The molecule has 6 heteroatoms. The van der Waals surface area contributed by atoms with Crippen LogP contribution in [0.2, 0.25) is 5.02 Å². The first-order chi connectivity index (χ1) is 13.0. The second kappa shape index (κ2) is 9.88. The van der Waals surface area contributed by atoms with E-state index in [1.807, 2.05) is 25.2 Å². The third-order valence-corrected chi connectivity index (χ3v) is 4.18. The van der Waals surface area contributed by atoms with Gasteiger partial charge in [-0.2, -0.15) is 0 Å². The van der Waals surface area contributed by atoms with Crippen LogP contribution in [0.4, 0.5) is 5.69 Å². The van der Waals surface area contributed by atoms with Crippen LogP contribution >= 0.6 is 11.6 Å². The molecule has 0 N–H and O–H groups in total. The van der Waals surface area contributed by atoms with E-state index >= 15 is 0 Å². The van der Waals surface area contributed by atoms with Crippen LogP contribution in [-0.2, 0) is 14.3 Å². The van der Waals surface area contributed by atoms with Gasteiger partial charge >= 0.3 is 5.97 Å². The first-order valence-corrected chi connectivity index (χ1v) is 9.15. The van der Waals surface area contributed by atoms with Crippen LogP contribution in [0.5, 0.6) is 0 Å². The van der Waals surface area contributed by atoms with Gasteiger partial charge in [0.05, 0.1) is 24.4 Å². The lowest BCUT2D eigenvalue weighted by molar-refractivity contribution is -0.142. The molecule has 5 nitrogen and oxygen atoms in total. The molecule has 0 aliphatic carbocycles. The van der Waals surface area contributed by atoms with Gasteiger partial charge in [0, 0.05) is 22.7 Å². The fraction of sp³-hybridized carbons (Fsp3) is 0.286. The Morgan fingerprint density at radius 2 is 2.22 bits per heavy atom. The molecule has 0 radical (unpaired) electrons. The molecule has 142 valence electrons. The van der Waals surface area contributed by atoms with Crippen LogP contribution in [0.15, 0.2) is 59.6 Å². The zero-order valence-electron chi connectivity index (χ0n) is 15.6. The van der Waals surface area contributed by atoms with Crippen LogP contribution in [0.3, 0.4) is 0 Å². The monoisotopic (exact) mass is 386 g/mol. The molecule has 1 aromatic rings. The van der Waals surface area contributed by atoms with Gasteiger partial charge in [0.2, 0.25) is 5.91 Å². The van der Waals surface area contributed by atoms with Gasteiger partial charge in [-0.05, 0) is 32.0 Å². The van der Waals surface area contributed by atoms with Gasteiger partial charge in [-0.1, -0.05) is 42.5 Å². The molecule has 2 rings (SSSR count). The minimum Gasteiger partial charge on any atom is -0.466 e. The van der Waals surface area contributed by atoms with Crippen molar-refractivity contribution in [3.05, 3.63) is 65.2 Å². The number of hydrogen-bond donors (Lipinski definition) is 0. The Balaban J connectivity index is 2.49. The van der Waals surface area contributed by atoms with Crippen LogP contribution in [0.25, 0.3) is 0 Å². The summed E-state index contributed by atoms with van der Waals surface area (Å²) in [6.45, 7) is 7.92. The van der Waals surface area contributed by atoms with Gasteiger partial charge in [0.15, 0.2) is 0 Å². The summed E-state index contributed by atoms with van der Waals surface area (Å²) in [5.74, 6) is -0.524. The molecule has 0 saturated carbocycles. The molecule has 1 aromatic carbocycles. The van der Waals surface area contributed by atoms with E-state index < -0.39 is 0 Å². The summed E-state index contributed by atoms with van der Waals surface area (Å²) < 4.78 is 4.97. The van der Waals surface area contributed by atoms with E-state index in [-0.39, 0.29) is 31.4 Å². The Morgan fingerprint density at radius 3 is 2.89 bits per heavy atom. The van der Waals surface area contributed by atoms with Gasteiger partial charge in [-0.25, -0.2) is 0 Å². The smallest absolute Gasteiger partial charge is 0.307 e. The maximum absolute atomic E-state index is 12.7. The van der Waals surface area contributed by atoms with Crippen molar-refractivity contribution >= 4 is 34.9 Å². The van der Waals surface area contributed by atoms with Crippen LogP contribution < -0.4 is 4.90 Å². The molecule has 0 unspecified atom stereocenters. The zero-order chi connectivity index (χ0) is 19.8. The minimum absolute atomic E-state index is 0.0174. The van der Waals surface area contributed by atoms with Gasteiger partial charge in [-0.15, -0.1) is 0 Å². The number of anilines is 1. The van der Waals surface area contributed by atoms with E-state index in [9.17, 15) is 9.59 Å². The predicted octanol–water partition coefficient (Wildman–Crippen LogP) is 4.12. The van der Waals surface area contributed by atoms with Crippen molar-refractivity contribution in [3.8, 4) is 0 Å². The number of benzodiazepines with no additional fused rings is 1. The quantitative estimate of drug-likeness (QED) is 0.523. The van der Waals surface area contributed by atoms with E-state index in [0.717, 1.165) is 11.1 Å². The topological polar surface area (TPSA) is 59.0 Å². The Bertz CT molecular complexity index is 825. The molecule has 0 aromatic heterocycles. The largest absolute Gasteiger partial charge is 0.466 e. The Hall–Kier alpha value is -2.66. The molecular formula is C21H23ClN2O3. The number of benzene rings is 1. The summed E-state index contributed by atoms with van der Waals surface area (Å²) >= 11 is 6.22. The third-order valence-electron chi connectivity index (χ3n) is 3.94. The molecule has 1 heterocycles. The highest BCUT2D eigenvalue weighted by Gasteiger charge is 2.26. The zero-order valence-corrected chi connectivity index (χ0v) is 16.3.